The predicted octanol–water partition coefficient (Wildman–Crippen LogP) is 2.31. The highest BCUT2D eigenvalue weighted by atomic mass is 32.2. The third kappa shape index (κ3) is 5.16. The van der Waals surface area contributed by atoms with Crippen molar-refractivity contribution >= 4 is 33.3 Å². The molecule has 1 aliphatic heterocycles. The minimum Gasteiger partial charge on any atom is -0.334 e. The number of carbonyl (C=O) groups excluding carboxylic acids is 1. The molecule has 1 unspecified atom stereocenters. The summed E-state index contributed by atoms with van der Waals surface area (Å²) in [5.74, 6) is -2.46. The molecular weight excluding hydrogens is 322 g/mol. The number of nitrogens with one attached hydrogen (secondary N) is 2. The number of thioether (sulfide) groups is 1. The number of hydrogen-bond donors (Lipinski definition) is 2. The first-order chi connectivity index (χ1) is 9.84. The molecule has 1 aliphatic rings. The summed E-state index contributed by atoms with van der Waals surface area (Å²) in [7, 11) is -3.05. The van der Waals surface area contributed by atoms with Crippen molar-refractivity contribution in [2.24, 2.45) is 0 Å². The van der Waals surface area contributed by atoms with E-state index in [0.29, 0.717) is 28.8 Å². The van der Waals surface area contributed by atoms with Gasteiger partial charge < -0.3 is 10.6 Å². The van der Waals surface area contributed by atoms with Crippen molar-refractivity contribution in [3.63, 3.8) is 0 Å². The molecule has 1 atom stereocenters. The number of amides is 2. The lowest BCUT2D eigenvalue weighted by molar-refractivity contribution is 0.249. The molecule has 9 heteroatoms. The quantitative estimate of drug-likeness (QED) is 0.828. The number of urea groups is 1. The fourth-order valence-corrected chi connectivity index (χ4v) is 4.15. The van der Waals surface area contributed by atoms with E-state index in [9.17, 15) is 22.0 Å². The molecule has 0 saturated carbocycles. The second-order valence-corrected chi connectivity index (χ2v) is 7.89. The summed E-state index contributed by atoms with van der Waals surface area (Å²) in [5, 5.41) is 5.11. The maximum Gasteiger partial charge on any atom is 0.319 e. The molecule has 1 heterocycles. The molecule has 0 radical (unpaired) electrons. The number of halogens is 2. The van der Waals surface area contributed by atoms with Crippen molar-refractivity contribution in [2.75, 3.05) is 16.8 Å². The van der Waals surface area contributed by atoms with Crippen molar-refractivity contribution in [2.45, 2.75) is 23.1 Å². The Morgan fingerprint density at radius 3 is 2.48 bits per heavy atom. The van der Waals surface area contributed by atoms with E-state index in [2.05, 4.69) is 10.6 Å². The van der Waals surface area contributed by atoms with E-state index in [1.165, 1.54) is 24.3 Å². The minimum absolute atomic E-state index is 0.0512. The monoisotopic (exact) mass is 336 g/mol. The van der Waals surface area contributed by atoms with Gasteiger partial charge in [0.05, 0.1) is 11.5 Å². The molecule has 1 aromatic carbocycles. The molecule has 0 aliphatic carbocycles. The Morgan fingerprint density at radius 1 is 1.29 bits per heavy atom. The zero-order valence-electron chi connectivity index (χ0n) is 10.9. The molecular formula is C12H14F2N2O3S2. The first-order valence-electron chi connectivity index (χ1n) is 6.17. The van der Waals surface area contributed by atoms with E-state index >= 15 is 0 Å². The summed E-state index contributed by atoms with van der Waals surface area (Å²) in [4.78, 5) is 12.1. The largest absolute Gasteiger partial charge is 0.334 e. The number of benzene rings is 1. The Bertz CT molecular complexity index is 605. The minimum atomic E-state index is -3.05. The molecule has 2 amide bonds. The predicted molar refractivity (Wildman–Crippen MR) is 77.5 cm³/mol. The molecule has 0 bridgehead atoms. The fourth-order valence-electron chi connectivity index (χ4n) is 1.98. The molecule has 0 aromatic heterocycles. The van der Waals surface area contributed by atoms with Crippen molar-refractivity contribution in [1.29, 1.82) is 0 Å². The van der Waals surface area contributed by atoms with E-state index in [4.69, 9.17) is 0 Å². The van der Waals surface area contributed by atoms with Gasteiger partial charge in [0.1, 0.15) is 0 Å². The highest BCUT2D eigenvalue weighted by Gasteiger charge is 2.28. The normalized spacial score (nSPS) is 20.4. The van der Waals surface area contributed by atoms with E-state index in [1.807, 2.05) is 0 Å². The molecule has 2 rings (SSSR count). The molecule has 1 aromatic rings. The number of rotatable bonds is 4. The van der Waals surface area contributed by atoms with Crippen LogP contribution in [0.25, 0.3) is 0 Å². The lowest BCUT2D eigenvalue weighted by Gasteiger charge is -2.12. The Kier molecular flexibility index (Phi) is 5.04. The molecule has 1 fully saturated rings. The second-order valence-electron chi connectivity index (χ2n) is 4.60. The van der Waals surface area contributed by atoms with Crippen LogP contribution in [0.4, 0.5) is 19.3 Å². The van der Waals surface area contributed by atoms with Crippen LogP contribution in [0, 0.1) is 0 Å². The third-order valence-corrected chi connectivity index (χ3v) is 5.40. The Morgan fingerprint density at radius 2 is 1.95 bits per heavy atom. The number of carbonyl (C=O) groups is 1. The van der Waals surface area contributed by atoms with Gasteiger partial charge in [0.2, 0.25) is 0 Å². The lowest BCUT2D eigenvalue weighted by atomic mass is 10.3. The molecule has 1 saturated heterocycles. The zero-order chi connectivity index (χ0) is 15.5. The van der Waals surface area contributed by atoms with Crippen LogP contribution in [0.15, 0.2) is 29.2 Å². The Balaban J connectivity index is 1.85. The van der Waals surface area contributed by atoms with Crippen molar-refractivity contribution in [1.82, 2.24) is 5.32 Å². The van der Waals surface area contributed by atoms with E-state index in [0.717, 1.165) is 0 Å². The average molecular weight is 336 g/mol. The molecule has 2 N–H and O–H groups in total. The summed E-state index contributed by atoms with van der Waals surface area (Å²) in [6.45, 7) is 0. The number of hydrogen-bond acceptors (Lipinski definition) is 4. The topological polar surface area (TPSA) is 75.3 Å². The van der Waals surface area contributed by atoms with Crippen LogP contribution in [0.2, 0.25) is 0 Å². The van der Waals surface area contributed by atoms with Crippen LogP contribution in [0.1, 0.15) is 6.42 Å². The van der Waals surface area contributed by atoms with Gasteiger partial charge in [-0.1, -0.05) is 11.8 Å². The first kappa shape index (κ1) is 16.0. The summed E-state index contributed by atoms with van der Waals surface area (Å²) in [6, 6.07) is 5.08. The Labute approximate surface area is 125 Å². The molecule has 21 heavy (non-hydrogen) atoms. The van der Waals surface area contributed by atoms with E-state index in [1.54, 1.807) is 0 Å². The summed E-state index contributed by atoms with van der Waals surface area (Å²) in [5.41, 5.74) is 0.451. The SMILES string of the molecule is O=C(Nc1ccc(SC(F)F)cc1)NC1CCS(=O)(=O)C1. The van der Waals surface area contributed by atoms with Gasteiger partial charge in [0, 0.05) is 16.6 Å². The smallest absolute Gasteiger partial charge is 0.319 e. The molecule has 116 valence electrons. The summed E-state index contributed by atoms with van der Waals surface area (Å²) in [6.07, 6.45) is 0.402. The van der Waals surface area contributed by atoms with Gasteiger partial charge in [-0.25, -0.2) is 13.2 Å². The van der Waals surface area contributed by atoms with Crippen LogP contribution >= 0.6 is 11.8 Å². The second kappa shape index (κ2) is 6.61. The summed E-state index contributed by atoms with van der Waals surface area (Å²) < 4.78 is 46.9. The van der Waals surface area contributed by atoms with E-state index in [-0.39, 0.29) is 17.5 Å². The van der Waals surface area contributed by atoms with E-state index < -0.39 is 21.6 Å². The van der Waals surface area contributed by atoms with Crippen LogP contribution in [0.5, 0.6) is 0 Å². The van der Waals surface area contributed by atoms with Crippen LogP contribution in [-0.4, -0.2) is 37.8 Å². The highest BCUT2D eigenvalue weighted by molar-refractivity contribution is 7.99. The fraction of sp³-hybridized carbons (Fsp3) is 0.417. The number of alkyl halides is 2. The van der Waals surface area contributed by atoms with Gasteiger partial charge in [-0.15, -0.1) is 0 Å². The summed E-state index contributed by atoms with van der Waals surface area (Å²) >= 11 is 0.424. The van der Waals surface area contributed by atoms with Crippen LogP contribution in [0.3, 0.4) is 0 Å². The molecule has 0 spiro atoms. The average Bonchev–Trinajstić information content (AvgIpc) is 2.70. The standard InChI is InChI=1S/C12H14F2N2O3S2/c13-11(14)20-10-3-1-8(2-4-10)15-12(17)16-9-5-6-21(18,19)7-9/h1-4,9,11H,5-7H2,(H2,15,16,17). The van der Waals surface area contributed by atoms with Gasteiger partial charge in [-0.05, 0) is 30.7 Å². The first-order valence-corrected chi connectivity index (χ1v) is 8.87. The number of sulfone groups is 1. The van der Waals surface area contributed by atoms with Gasteiger partial charge in [-0.2, -0.15) is 8.78 Å². The zero-order valence-corrected chi connectivity index (χ0v) is 12.5. The number of anilines is 1. The maximum atomic E-state index is 12.2. The van der Waals surface area contributed by atoms with Crippen LogP contribution < -0.4 is 10.6 Å². The van der Waals surface area contributed by atoms with Gasteiger partial charge >= 0.3 is 6.03 Å². The van der Waals surface area contributed by atoms with Gasteiger partial charge in [0.15, 0.2) is 9.84 Å². The van der Waals surface area contributed by atoms with Gasteiger partial charge in [0.25, 0.3) is 5.76 Å². The van der Waals surface area contributed by atoms with Crippen molar-refractivity contribution in [3.8, 4) is 0 Å². The highest BCUT2D eigenvalue weighted by Crippen LogP contribution is 2.26. The van der Waals surface area contributed by atoms with Crippen molar-refractivity contribution in [3.05, 3.63) is 24.3 Å². The lowest BCUT2D eigenvalue weighted by Crippen LogP contribution is -2.38. The van der Waals surface area contributed by atoms with Gasteiger partial charge in [-0.3, -0.25) is 0 Å². The third-order valence-electron chi connectivity index (χ3n) is 2.91. The maximum absolute atomic E-state index is 12.2. The Hall–Kier alpha value is -1.35. The van der Waals surface area contributed by atoms with Crippen molar-refractivity contribution < 1.29 is 22.0 Å². The molecule has 5 nitrogen and oxygen atoms in total. The van der Waals surface area contributed by atoms with Crippen LogP contribution in [-0.2, 0) is 9.84 Å².